The lowest BCUT2D eigenvalue weighted by Crippen LogP contribution is -2.43. The van der Waals surface area contributed by atoms with E-state index in [1.807, 2.05) is 6.92 Å². The van der Waals surface area contributed by atoms with Gasteiger partial charge in [0.05, 0.1) is 5.92 Å². The molecule has 0 radical (unpaired) electrons. The van der Waals surface area contributed by atoms with Crippen molar-refractivity contribution in [2.24, 2.45) is 11.8 Å². The molecule has 1 aromatic rings. The van der Waals surface area contributed by atoms with Gasteiger partial charge < -0.3 is 18.9 Å². The number of Topliss-reactive ketones (excluding diaryl/α,β-unsaturated/α-hetero) is 1. The zero-order chi connectivity index (χ0) is 15.5. The van der Waals surface area contributed by atoms with Crippen LogP contribution in [0.15, 0.2) is 24.3 Å². The molecule has 0 N–H and O–H groups in total. The second kappa shape index (κ2) is 4.62. The third-order valence-electron chi connectivity index (χ3n) is 4.71. The van der Waals surface area contributed by atoms with Gasteiger partial charge in [-0.05, 0) is 6.92 Å². The minimum Gasteiger partial charge on any atom is -0.435 e. The Morgan fingerprint density at radius 3 is 2.77 bits per heavy atom. The lowest BCUT2D eigenvalue weighted by Gasteiger charge is -2.35. The Labute approximate surface area is 127 Å². The third kappa shape index (κ3) is 1.49. The summed E-state index contributed by atoms with van der Waals surface area (Å²) >= 11 is 0. The van der Waals surface area contributed by atoms with E-state index >= 15 is 0 Å². The highest BCUT2D eigenvalue weighted by atomic mass is 16.7. The number of ether oxygens (including phenoxy) is 4. The van der Waals surface area contributed by atoms with Crippen LogP contribution in [-0.2, 0) is 29.5 Å². The van der Waals surface area contributed by atoms with Crippen molar-refractivity contribution >= 4 is 11.8 Å². The van der Waals surface area contributed by atoms with Gasteiger partial charge in [0.1, 0.15) is 12.0 Å². The molecule has 5 atom stereocenters. The fraction of sp³-hybridized carbons (Fsp3) is 0.500. The molecule has 2 saturated heterocycles. The van der Waals surface area contributed by atoms with Gasteiger partial charge in [0, 0.05) is 24.8 Å². The van der Waals surface area contributed by atoms with Crippen molar-refractivity contribution in [2.45, 2.75) is 25.1 Å². The molecule has 0 amide bonds. The number of fused-ring (bicyclic) bond motifs is 7. The molecule has 3 heterocycles. The summed E-state index contributed by atoms with van der Waals surface area (Å²) in [6, 6.07) is 7.09. The topological polar surface area (TPSA) is 71.1 Å². The smallest absolute Gasteiger partial charge is 0.317 e. The number of rotatable bonds is 3. The highest BCUT2D eigenvalue weighted by Gasteiger charge is 2.71. The quantitative estimate of drug-likeness (QED) is 0.782. The predicted octanol–water partition coefficient (Wildman–Crippen LogP) is 1.23. The second-order valence-corrected chi connectivity index (χ2v) is 5.64. The number of hydrogen-bond acceptors (Lipinski definition) is 6. The van der Waals surface area contributed by atoms with Crippen LogP contribution in [0.5, 0.6) is 0 Å². The molecule has 22 heavy (non-hydrogen) atoms. The van der Waals surface area contributed by atoms with Crippen LogP contribution in [0, 0.1) is 11.8 Å². The Bertz CT molecular complexity index is 656. The second-order valence-electron chi connectivity index (χ2n) is 5.64. The monoisotopic (exact) mass is 304 g/mol. The third-order valence-corrected chi connectivity index (χ3v) is 4.71. The summed E-state index contributed by atoms with van der Waals surface area (Å²) in [6.45, 7) is 2.20. The van der Waals surface area contributed by atoms with E-state index in [0.29, 0.717) is 17.7 Å². The van der Waals surface area contributed by atoms with Crippen LogP contribution >= 0.6 is 0 Å². The molecule has 0 unspecified atom stereocenters. The Kier molecular flexibility index (Phi) is 2.91. The summed E-state index contributed by atoms with van der Waals surface area (Å²) in [5, 5.41) is 0. The standard InChI is InChI=1S/C16H16O6/c1-3-20-15-10-11(14(18)21-15)16(19-2)9-7-5-4-6-8(9)12(17)13(10)22-16/h4-7,10-11,13,15H,3H2,1-2H3/t10-,11-,13-,15+,16-/m0/s1. The van der Waals surface area contributed by atoms with E-state index in [0.717, 1.165) is 0 Å². The average molecular weight is 304 g/mol. The Balaban J connectivity index is 1.90. The molecule has 116 valence electrons. The van der Waals surface area contributed by atoms with Gasteiger partial charge in [-0.15, -0.1) is 0 Å². The van der Waals surface area contributed by atoms with Crippen LogP contribution in [0.1, 0.15) is 22.8 Å². The number of benzene rings is 1. The fourth-order valence-corrected chi connectivity index (χ4v) is 3.86. The van der Waals surface area contributed by atoms with E-state index in [1.165, 1.54) is 7.11 Å². The minimum atomic E-state index is -1.28. The van der Waals surface area contributed by atoms with E-state index in [4.69, 9.17) is 18.9 Å². The Hall–Kier alpha value is -1.76. The van der Waals surface area contributed by atoms with Crippen molar-refractivity contribution in [3.63, 3.8) is 0 Å². The van der Waals surface area contributed by atoms with Gasteiger partial charge in [-0.2, -0.15) is 0 Å². The van der Waals surface area contributed by atoms with E-state index in [-0.39, 0.29) is 5.78 Å². The molecule has 2 fully saturated rings. The molecule has 0 spiro atoms. The van der Waals surface area contributed by atoms with Crippen molar-refractivity contribution in [1.29, 1.82) is 0 Å². The molecular formula is C16H16O6. The molecule has 0 aliphatic carbocycles. The van der Waals surface area contributed by atoms with Crippen LogP contribution in [-0.4, -0.2) is 37.9 Å². The van der Waals surface area contributed by atoms with Crippen LogP contribution in [0.25, 0.3) is 0 Å². The number of carbonyl (C=O) groups is 2. The minimum absolute atomic E-state index is 0.154. The van der Waals surface area contributed by atoms with Crippen molar-refractivity contribution < 1.29 is 28.5 Å². The summed E-state index contributed by atoms with van der Waals surface area (Å²) in [5.74, 6) is -3.07. The highest BCUT2D eigenvalue weighted by Crippen LogP contribution is 2.57. The number of hydrogen-bond donors (Lipinski definition) is 0. The molecule has 3 aliphatic heterocycles. The largest absolute Gasteiger partial charge is 0.435 e. The average Bonchev–Trinajstić information content (AvgIpc) is 3.02. The molecule has 2 bridgehead atoms. The van der Waals surface area contributed by atoms with Gasteiger partial charge in [0.15, 0.2) is 5.78 Å². The maximum Gasteiger partial charge on any atom is 0.317 e. The molecule has 3 aliphatic rings. The SMILES string of the molecule is CCO[C@@H]1OC(=O)[C@@H]2[C@H]1[C@@H]1O[C@@]2(OC)c2ccccc2C1=O. The fourth-order valence-electron chi connectivity index (χ4n) is 3.86. The molecule has 6 nitrogen and oxygen atoms in total. The number of carbonyl (C=O) groups excluding carboxylic acids is 2. The predicted molar refractivity (Wildman–Crippen MR) is 72.8 cm³/mol. The van der Waals surface area contributed by atoms with E-state index in [2.05, 4.69) is 0 Å². The number of methoxy groups -OCH3 is 1. The summed E-state index contributed by atoms with van der Waals surface area (Å²) in [7, 11) is 1.48. The number of ketones is 1. The van der Waals surface area contributed by atoms with E-state index < -0.39 is 36.0 Å². The van der Waals surface area contributed by atoms with Gasteiger partial charge >= 0.3 is 5.97 Å². The van der Waals surface area contributed by atoms with Crippen molar-refractivity contribution in [3.05, 3.63) is 35.4 Å². The number of cyclic esters (lactones) is 1. The summed E-state index contributed by atoms with van der Waals surface area (Å²) in [4.78, 5) is 25.1. The van der Waals surface area contributed by atoms with Gasteiger partial charge in [0.25, 0.3) is 0 Å². The van der Waals surface area contributed by atoms with Crippen LogP contribution < -0.4 is 0 Å². The van der Waals surface area contributed by atoms with Crippen molar-refractivity contribution in [2.75, 3.05) is 13.7 Å². The lowest BCUT2D eigenvalue weighted by molar-refractivity contribution is -0.244. The molecular weight excluding hydrogens is 288 g/mol. The summed E-state index contributed by atoms with van der Waals surface area (Å²) in [6.07, 6.45) is -1.56. The summed E-state index contributed by atoms with van der Waals surface area (Å²) in [5.41, 5.74) is 1.12. The van der Waals surface area contributed by atoms with Gasteiger partial charge in [0.2, 0.25) is 12.1 Å². The van der Waals surface area contributed by atoms with Gasteiger partial charge in [-0.1, -0.05) is 24.3 Å². The number of esters is 1. The first-order valence-corrected chi connectivity index (χ1v) is 7.33. The Morgan fingerprint density at radius 1 is 1.27 bits per heavy atom. The first-order valence-electron chi connectivity index (χ1n) is 7.33. The van der Waals surface area contributed by atoms with Crippen molar-refractivity contribution in [1.82, 2.24) is 0 Å². The highest BCUT2D eigenvalue weighted by molar-refractivity contribution is 6.04. The molecule has 4 rings (SSSR count). The van der Waals surface area contributed by atoms with E-state index in [1.54, 1.807) is 24.3 Å². The van der Waals surface area contributed by atoms with Gasteiger partial charge in [-0.3, -0.25) is 9.59 Å². The zero-order valence-electron chi connectivity index (χ0n) is 12.3. The molecule has 0 saturated carbocycles. The van der Waals surface area contributed by atoms with Crippen LogP contribution in [0.4, 0.5) is 0 Å². The van der Waals surface area contributed by atoms with Crippen molar-refractivity contribution in [3.8, 4) is 0 Å². The molecule has 6 heteroatoms. The maximum absolute atomic E-state index is 12.7. The molecule has 1 aromatic carbocycles. The lowest BCUT2D eigenvalue weighted by atomic mass is 9.86. The first kappa shape index (κ1) is 13.9. The zero-order valence-corrected chi connectivity index (χ0v) is 12.3. The Morgan fingerprint density at radius 2 is 2.05 bits per heavy atom. The van der Waals surface area contributed by atoms with E-state index in [9.17, 15) is 9.59 Å². The first-order chi connectivity index (χ1) is 10.6. The molecule has 0 aromatic heterocycles. The van der Waals surface area contributed by atoms with Crippen LogP contribution in [0.2, 0.25) is 0 Å². The van der Waals surface area contributed by atoms with Gasteiger partial charge in [-0.25, -0.2) is 0 Å². The van der Waals surface area contributed by atoms with Crippen LogP contribution in [0.3, 0.4) is 0 Å². The maximum atomic E-state index is 12.7. The normalized spacial score (nSPS) is 38.6. The summed E-state index contributed by atoms with van der Waals surface area (Å²) < 4.78 is 22.4.